The van der Waals surface area contributed by atoms with Crippen LogP contribution in [0.4, 0.5) is 0 Å². The largest absolute Gasteiger partial charge is 0.368 e. The zero-order valence-electron chi connectivity index (χ0n) is 41.7. The molecule has 4 unspecified atom stereocenters. The molecule has 4 atom stereocenters. The fourth-order valence-electron chi connectivity index (χ4n) is 13.8. The van der Waals surface area contributed by atoms with E-state index in [1.165, 1.54) is 70.6 Å². The van der Waals surface area contributed by atoms with E-state index < -0.39 is 41.9 Å². The number of hydrogen-bond donors (Lipinski definition) is 8. The summed E-state index contributed by atoms with van der Waals surface area (Å²) in [6.07, 6.45) is 32.4. The topological polar surface area (TPSA) is 203 Å². The SMILES string of the molecule is O=C1COC2CCC(CC2)CC(C(=O)NCC2=NNNN2)NC(=O)C(CCC2CCCCC2)NC(=O)C(CC2CCC(C3CCCCC3)CC2)NC(=O)C(C#CC2CCC(C3CCCCC3)CC2)N1. The van der Waals surface area contributed by atoms with Crippen LogP contribution in [-0.2, 0) is 28.7 Å². The first-order valence-electron chi connectivity index (χ1n) is 28.2. The third-order valence-electron chi connectivity index (χ3n) is 18.0. The summed E-state index contributed by atoms with van der Waals surface area (Å²) in [6, 6.07) is -3.85. The predicted molar refractivity (Wildman–Crippen MR) is 266 cm³/mol. The normalized spacial score (nSPS) is 34.3. The number of carbonyl (C=O) groups is 5. The van der Waals surface area contributed by atoms with Crippen LogP contribution in [0.2, 0.25) is 0 Å². The van der Waals surface area contributed by atoms with Gasteiger partial charge in [0.2, 0.25) is 23.6 Å². The highest BCUT2D eigenvalue weighted by molar-refractivity contribution is 5.97. The van der Waals surface area contributed by atoms with Gasteiger partial charge in [0, 0.05) is 5.92 Å². The molecule has 6 aliphatic carbocycles. The summed E-state index contributed by atoms with van der Waals surface area (Å²) in [4.78, 5) is 72.0. The van der Waals surface area contributed by atoms with Gasteiger partial charge in [0.25, 0.3) is 5.91 Å². The van der Waals surface area contributed by atoms with Gasteiger partial charge in [0.05, 0.1) is 12.6 Å². The highest BCUT2D eigenvalue weighted by Crippen LogP contribution is 2.42. The third kappa shape index (κ3) is 15.8. The molecule has 2 saturated heterocycles. The minimum Gasteiger partial charge on any atom is -0.368 e. The maximum absolute atomic E-state index is 14.9. The van der Waals surface area contributed by atoms with Gasteiger partial charge in [-0.1, -0.05) is 121 Å². The number of nitrogens with zero attached hydrogens (tertiary/aromatic N) is 1. The molecule has 0 aromatic heterocycles. The molecule has 69 heavy (non-hydrogen) atoms. The number of rotatable bonds is 10. The number of amides is 5. The molecule has 6 saturated carbocycles. The molecule has 3 heterocycles. The van der Waals surface area contributed by atoms with Gasteiger partial charge in [-0.2, -0.15) is 0 Å². The minimum absolute atomic E-state index is 0.132. The summed E-state index contributed by atoms with van der Waals surface area (Å²) < 4.78 is 6.19. The van der Waals surface area contributed by atoms with Crippen molar-refractivity contribution >= 4 is 35.4 Å². The van der Waals surface area contributed by atoms with Crippen molar-refractivity contribution in [2.75, 3.05) is 13.2 Å². The maximum Gasteiger partial charge on any atom is 0.255 e. The fourth-order valence-corrected chi connectivity index (χ4v) is 13.8. The van der Waals surface area contributed by atoms with Crippen LogP contribution in [0.5, 0.6) is 0 Å². The molecule has 2 bridgehead atoms. The standard InChI is InChI=1S/C54H87N9O6/c64-50-35-69-44-28-20-39(21-29-44)32-47(51(65)55-34-49-60-62-63-61-49)58-53(67)46(31-22-36-10-4-1-5-11-36)57-54(68)48(33-38-18-26-43(27-19-38)41-14-8-3-9-15-41)59-52(66)45(56-50)30-23-37-16-24-42(25-17-37)40-12-6-2-7-13-40/h36-48,62-63H,1-22,24-29,31-35H2,(H,55,65)(H,56,64)(H,57,68)(H,58,67)(H,59,66)(H,60,61). The van der Waals surface area contributed by atoms with Gasteiger partial charge < -0.3 is 31.3 Å². The average Bonchev–Trinajstić information content (AvgIpc) is 3.92. The summed E-state index contributed by atoms with van der Waals surface area (Å²) in [5.41, 5.74) is 8.15. The van der Waals surface area contributed by atoms with Gasteiger partial charge in [-0.15, -0.1) is 10.6 Å². The lowest BCUT2D eigenvalue weighted by Gasteiger charge is -2.37. The summed E-state index contributed by atoms with van der Waals surface area (Å²) in [7, 11) is 0. The number of fused-ring (bicyclic) bond motifs is 16. The number of hydrazine groups is 2. The van der Waals surface area contributed by atoms with Crippen LogP contribution in [0.1, 0.15) is 199 Å². The molecule has 0 aromatic carbocycles. The Bertz CT molecular complexity index is 1780. The summed E-state index contributed by atoms with van der Waals surface area (Å²) in [5.74, 6) is 9.14. The van der Waals surface area contributed by atoms with Crippen LogP contribution in [0.3, 0.4) is 0 Å². The lowest BCUT2D eigenvalue weighted by Crippen LogP contribution is -2.59. The van der Waals surface area contributed by atoms with Crippen molar-refractivity contribution in [2.45, 2.75) is 229 Å². The van der Waals surface area contributed by atoms with Crippen LogP contribution in [0.25, 0.3) is 0 Å². The highest BCUT2D eigenvalue weighted by atomic mass is 16.5. The van der Waals surface area contributed by atoms with Crippen molar-refractivity contribution in [2.24, 2.45) is 52.4 Å². The van der Waals surface area contributed by atoms with E-state index in [-0.39, 0.29) is 48.8 Å². The number of carbonyl (C=O) groups excluding carboxylic acids is 5. The smallest absolute Gasteiger partial charge is 0.255 e. The number of hydrazone groups is 1. The maximum atomic E-state index is 14.9. The molecule has 15 nitrogen and oxygen atoms in total. The van der Waals surface area contributed by atoms with Crippen LogP contribution in [-0.4, -0.2) is 78.8 Å². The van der Waals surface area contributed by atoms with E-state index in [9.17, 15) is 24.0 Å². The Hall–Kier alpha value is -3.90. The Morgan fingerprint density at radius 3 is 1.81 bits per heavy atom. The molecular weight excluding hydrogens is 871 g/mol. The summed E-state index contributed by atoms with van der Waals surface area (Å²) in [6.45, 7) is -0.0700. The van der Waals surface area contributed by atoms with Gasteiger partial charge in [0.1, 0.15) is 24.7 Å². The molecule has 0 aromatic rings. The van der Waals surface area contributed by atoms with Crippen molar-refractivity contribution in [3.63, 3.8) is 0 Å². The van der Waals surface area contributed by atoms with Crippen LogP contribution < -0.4 is 43.1 Å². The second-order valence-electron chi connectivity index (χ2n) is 22.8. The van der Waals surface area contributed by atoms with Gasteiger partial charge in [0.15, 0.2) is 11.9 Å². The lowest BCUT2D eigenvalue weighted by atomic mass is 9.70. The zero-order chi connectivity index (χ0) is 47.8. The van der Waals surface area contributed by atoms with Gasteiger partial charge in [-0.3, -0.25) is 29.4 Å². The van der Waals surface area contributed by atoms with E-state index in [0.717, 1.165) is 114 Å². The molecule has 8 fully saturated rings. The van der Waals surface area contributed by atoms with Gasteiger partial charge in [-0.05, 0) is 131 Å². The number of ether oxygens (including phenoxy) is 1. The number of hydrogen-bond acceptors (Lipinski definition) is 10. The quantitative estimate of drug-likeness (QED) is 0.0892. The fraction of sp³-hybridized carbons (Fsp3) is 0.852. The van der Waals surface area contributed by atoms with Crippen molar-refractivity contribution in [1.29, 1.82) is 0 Å². The first kappa shape index (κ1) is 51.5. The summed E-state index contributed by atoms with van der Waals surface area (Å²) in [5, 5.41) is 19.4. The molecule has 9 aliphatic rings. The molecule has 0 spiro atoms. The Balaban J connectivity index is 1.03. The van der Waals surface area contributed by atoms with Crippen molar-refractivity contribution in [3.05, 3.63) is 0 Å². The highest BCUT2D eigenvalue weighted by Gasteiger charge is 2.37. The Labute approximate surface area is 412 Å². The molecule has 8 N–H and O–H groups in total. The van der Waals surface area contributed by atoms with E-state index in [1.807, 2.05) is 0 Å². The molecular formula is C54H87N9O6. The Morgan fingerprint density at radius 2 is 1.17 bits per heavy atom. The van der Waals surface area contributed by atoms with E-state index in [1.54, 1.807) is 0 Å². The Morgan fingerprint density at radius 1 is 0.580 bits per heavy atom. The third-order valence-corrected chi connectivity index (χ3v) is 18.0. The molecule has 15 heteroatoms. The second-order valence-corrected chi connectivity index (χ2v) is 22.8. The van der Waals surface area contributed by atoms with Crippen LogP contribution >= 0.6 is 0 Å². The predicted octanol–water partition coefficient (Wildman–Crippen LogP) is 6.47. The van der Waals surface area contributed by atoms with E-state index >= 15 is 0 Å². The monoisotopic (exact) mass is 958 g/mol. The molecule has 3 aliphatic heterocycles. The zero-order valence-corrected chi connectivity index (χ0v) is 41.7. The van der Waals surface area contributed by atoms with Crippen LogP contribution in [0.15, 0.2) is 5.10 Å². The molecule has 0 radical (unpaired) electrons. The van der Waals surface area contributed by atoms with Crippen molar-refractivity contribution in [1.82, 2.24) is 43.1 Å². The van der Waals surface area contributed by atoms with Crippen molar-refractivity contribution in [3.8, 4) is 11.8 Å². The van der Waals surface area contributed by atoms with Gasteiger partial charge in [-0.25, -0.2) is 5.53 Å². The molecule has 5 amide bonds. The second kappa shape index (κ2) is 26.5. The summed E-state index contributed by atoms with van der Waals surface area (Å²) >= 11 is 0. The average molecular weight is 958 g/mol. The number of amidine groups is 1. The first-order chi connectivity index (χ1) is 33.7. The number of nitrogens with one attached hydrogen (secondary N) is 8. The van der Waals surface area contributed by atoms with Gasteiger partial charge >= 0.3 is 0 Å². The minimum atomic E-state index is -1.16. The molecule has 9 rings (SSSR count). The van der Waals surface area contributed by atoms with E-state index in [0.29, 0.717) is 49.8 Å². The van der Waals surface area contributed by atoms with E-state index in [2.05, 4.69) is 60.0 Å². The van der Waals surface area contributed by atoms with Crippen LogP contribution in [0, 0.1) is 59.2 Å². The lowest BCUT2D eigenvalue weighted by molar-refractivity contribution is -0.135. The Kier molecular flexibility index (Phi) is 19.8. The molecule has 384 valence electrons. The first-order valence-corrected chi connectivity index (χ1v) is 28.2. The van der Waals surface area contributed by atoms with Crippen molar-refractivity contribution < 1.29 is 28.7 Å². The van der Waals surface area contributed by atoms with E-state index in [4.69, 9.17) is 4.74 Å².